The van der Waals surface area contributed by atoms with Gasteiger partial charge in [-0.1, -0.05) is 41.4 Å². The largest absolute Gasteiger partial charge is 0.489 e. The van der Waals surface area contributed by atoms with E-state index in [0.717, 1.165) is 16.9 Å². The maximum Gasteiger partial charge on any atom is 0.119 e. The zero-order valence-corrected chi connectivity index (χ0v) is 12.1. The maximum absolute atomic E-state index is 5.95. The number of rotatable bonds is 4. The molecule has 19 heavy (non-hydrogen) atoms. The Balaban J connectivity index is 2.00. The topological polar surface area (TPSA) is 35.2 Å². The molecule has 2 aromatic carbocycles. The van der Waals surface area contributed by atoms with Crippen LogP contribution in [0.3, 0.4) is 0 Å². The van der Waals surface area contributed by atoms with Crippen LogP contribution >= 0.6 is 23.2 Å². The summed E-state index contributed by atoms with van der Waals surface area (Å²) in [5, 5.41) is 1.08. The summed E-state index contributed by atoms with van der Waals surface area (Å²) in [5.41, 5.74) is 7.85. The Kier molecular flexibility index (Phi) is 4.70. The first-order valence-corrected chi connectivity index (χ1v) is 6.74. The predicted octanol–water partition coefficient (Wildman–Crippen LogP) is 4.59. The molecule has 2 N–H and O–H groups in total. The Morgan fingerprint density at radius 3 is 2.32 bits per heavy atom. The number of hydrogen-bond donors (Lipinski definition) is 1. The second-order valence-electron chi connectivity index (χ2n) is 4.39. The van der Waals surface area contributed by atoms with E-state index in [1.165, 1.54) is 0 Å². The highest BCUT2D eigenvalue weighted by molar-refractivity contribution is 6.42. The number of ether oxygens (including phenoxy) is 1. The molecule has 0 saturated carbocycles. The van der Waals surface area contributed by atoms with Crippen molar-refractivity contribution in [3.63, 3.8) is 0 Å². The minimum atomic E-state index is 0.0316. The summed E-state index contributed by atoms with van der Waals surface area (Å²) < 4.78 is 5.68. The summed E-state index contributed by atoms with van der Waals surface area (Å²) in [6.45, 7) is 2.40. The Labute approximate surface area is 123 Å². The second-order valence-corrected chi connectivity index (χ2v) is 5.21. The van der Waals surface area contributed by atoms with Crippen molar-refractivity contribution in [3.05, 3.63) is 63.6 Å². The van der Waals surface area contributed by atoms with Gasteiger partial charge in [0.1, 0.15) is 12.4 Å². The van der Waals surface area contributed by atoms with Gasteiger partial charge in [-0.15, -0.1) is 0 Å². The van der Waals surface area contributed by atoms with Crippen molar-refractivity contribution in [2.45, 2.75) is 19.6 Å². The molecule has 0 amide bonds. The maximum atomic E-state index is 5.95. The van der Waals surface area contributed by atoms with Gasteiger partial charge in [-0.2, -0.15) is 0 Å². The molecule has 0 unspecified atom stereocenters. The van der Waals surface area contributed by atoms with E-state index in [4.69, 9.17) is 33.7 Å². The SMILES string of the molecule is C[C@@H](N)c1ccc(OCc2ccc(Cl)c(Cl)c2)cc1. The molecule has 0 aliphatic rings. The van der Waals surface area contributed by atoms with Crippen molar-refractivity contribution in [2.75, 3.05) is 0 Å². The molecule has 0 aliphatic heterocycles. The molecule has 0 radical (unpaired) electrons. The molecule has 2 nitrogen and oxygen atoms in total. The van der Waals surface area contributed by atoms with Gasteiger partial charge in [-0.25, -0.2) is 0 Å². The fourth-order valence-electron chi connectivity index (χ4n) is 1.66. The standard InChI is InChI=1S/C15H15Cl2NO/c1-10(18)12-3-5-13(6-4-12)19-9-11-2-7-14(16)15(17)8-11/h2-8,10H,9,18H2,1H3/t10-/m1/s1. The number of halogens is 2. The number of hydrogen-bond acceptors (Lipinski definition) is 2. The Morgan fingerprint density at radius 2 is 1.74 bits per heavy atom. The monoisotopic (exact) mass is 295 g/mol. The molecule has 1 atom stereocenters. The normalized spacial score (nSPS) is 12.2. The predicted molar refractivity (Wildman–Crippen MR) is 79.8 cm³/mol. The highest BCUT2D eigenvalue weighted by Gasteiger charge is 2.02. The second kappa shape index (κ2) is 6.29. The minimum Gasteiger partial charge on any atom is -0.489 e. The first-order chi connectivity index (χ1) is 9.06. The van der Waals surface area contributed by atoms with Gasteiger partial charge < -0.3 is 10.5 Å². The van der Waals surface area contributed by atoms with Crippen LogP contribution in [0, 0.1) is 0 Å². The van der Waals surface area contributed by atoms with Crippen molar-refractivity contribution in [1.29, 1.82) is 0 Å². The third-order valence-corrected chi connectivity index (χ3v) is 3.53. The molecule has 0 spiro atoms. The lowest BCUT2D eigenvalue weighted by molar-refractivity contribution is 0.306. The average molecular weight is 296 g/mol. The average Bonchev–Trinajstić information content (AvgIpc) is 2.40. The molecule has 2 rings (SSSR count). The Bertz CT molecular complexity index is 553. The molecule has 0 saturated heterocycles. The Hall–Kier alpha value is -1.22. The van der Waals surface area contributed by atoms with E-state index < -0.39 is 0 Å². The lowest BCUT2D eigenvalue weighted by Crippen LogP contribution is -2.04. The van der Waals surface area contributed by atoms with Gasteiger partial charge in [0.15, 0.2) is 0 Å². The lowest BCUT2D eigenvalue weighted by atomic mass is 10.1. The van der Waals surface area contributed by atoms with Gasteiger partial charge in [-0.3, -0.25) is 0 Å². The van der Waals surface area contributed by atoms with Crippen molar-refractivity contribution < 1.29 is 4.74 Å². The fraction of sp³-hybridized carbons (Fsp3) is 0.200. The summed E-state index contributed by atoms with van der Waals surface area (Å²) in [4.78, 5) is 0. The number of benzene rings is 2. The van der Waals surface area contributed by atoms with Crippen LogP contribution in [0.1, 0.15) is 24.1 Å². The third kappa shape index (κ3) is 3.87. The molecular weight excluding hydrogens is 281 g/mol. The molecule has 100 valence electrons. The highest BCUT2D eigenvalue weighted by Crippen LogP contribution is 2.23. The van der Waals surface area contributed by atoms with Crippen LogP contribution in [0.15, 0.2) is 42.5 Å². The van der Waals surface area contributed by atoms with E-state index in [1.807, 2.05) is 37.3 Å². The van der Waals surface area contributed by atoms with E-state index in [1.54, 1.807) is 12.1 Å². The van der Waals surface area contributed by atoms with Crippen molar-refractivity contribution in [1.82, 2.24) is 0 Å². The molecule has 0 heterocycles. The van der Waals surface area contributed by atoms with E-state index in [9.17, 15) is 0 Å². The van der Waals surface area contributed by atoms with Crippen LogP contribution in [0.5, 0.6) is 5.75 Å². The van der Waals surface area contributed by atoms with Crippen LogP contribution < -0.4 is 10.5 Å². The zero-order chi connectivity index (χ0) is 13.8. The van der Waals surface area contributed by atoms with Crippen LogP contribution in [-0.4, -0.2) is 0 Å². The van der Waals surface area contributed by atoms with E-state index in [0.29, 0.717) is 16.7 Å². The molecule has 0 aromatic heterocycles. The van der Waals surface area contributed by atoms with Gasteiger partial charge in [0.2, 0.25) is 0 Å². The summed E-state index contributed by atoms with van der Waals surface area (Å²) >= 11 is 11.8. The van der Waals surface area contributed by atoms with Gasteiger partial charge >= 0.3 is 0 Å². The molecule has 0 aliphatic carbocycles. The smallest absolute Gasteiger partial charge is 0.119 e. The number of nitrogens with two attached hydrogens (primary N) is 1. The van der Waals surface area contributed by atoms with Crippen molar-refractivity contribution in [2.24, 2.45) is 5.73 Å². The first kappa shape index (κ1) is 14.2. The van der Waals surface area contributed by atoms with E-state index >= 15 is 0 Å². The van der Waals surface area contributed by atoms with Crippen LogP contribution in [-0.2, 0) is 6.61 Å². The summed E-state index contributed by atoms with van der Waals surface area (Å²) in [6.07, 6.45) is 0. The van der Waals surface area contributed by atoms with E-state index in [2.05, 4.69) is 0 Å². The highest BCUT2D eigenvalue weighted by atomic mass is 35.5. The third-order valence-electron chi connectivity index (χ3n) is 2.80. The van der Waals surface area contributed by atoms with Crippen molar-refractivity contribution in [3.8, 4) is 5.75 Å². The van der Waals surface area contributed by atoms with Crippen LogP contribution in [0.4, 0.5) is 0 Å². The molecule has 4 heteroatoms. The van der Waals surface area contributed by atoms with Gasteiger partial charge in [0.25, 0.3) is 0 Å². The summed E-state index contributed by atoms with van der Waals surface area (Å²) in [6, 6.07) is 13.3. The van der Waals surface area contributed by atoms with Crippen molar-refractivity contribution >= 4 is 23.2 Å². The van der Waals surface area contributed by atoms with E-state index in [-0.39, 0.29) is 6.04 Å². The van der Waals surface area contributed by atoms with Crippen LogP contribution in [0.2, 0.25) is 10.0 Å². The zero-order valence-electron chi connectivity index (χ0n) is 10.6. The van der Waals surface area contributed by atoms with Gasteiger partial charge in [-0.05, 0) is 42.3 Å². The molecule has 0 bridgehead atoms. The molecule has 2 aromatic rings. The fourth-order valence-corrected chi connectivity index (χ4v) is 1.98. The Morgan fingerprint density at radius 1 is 1.05 bits per heavy atom. The first-order valence-electron chi connectivity index (χ1n) is 5.98. The quantitative estimate of drug-likeness (QED) is 0.895. The molecular formula is C15H15Cl2NO. The molecule has 0 fully saturated rings. The lowest BCUT2D eigenvalue weighted by Gasteiger charge is -2.09. The summed E-state index contributed by atoms with van der Waals surface area (Å²) in [5.74, 6) is 0.801. The van der Waals surface area contributed by atoms with Crippen LogP contribution in [0.25, 0.3) is 0 Å². The summed E-state index contributed by atoms with van der Waals surface area (Å²) in [7, 11) is 0. The minimum absolute atomic E-state index is 0.0316. The van der Waals surface area contributed by atoms with Gasteiger partial charge in [0.05, 0.1) is 10.0 Å². The van der Waals surface area contributed by atoms with Gasteiger partial charge in [0, 0.05) is 6.04 Å².